The van der Waals surface area contributed by atoms with E-state index in [0.717, 1.165) is 12.8 Å². The number of alkyl carbamates (subject to hydrolysis) is 1. The van der Waals surface area contributed by atoms with Crippen LogP contribution in [-0.2, 0) is 14.3 Å². The zero-order valence-electron chi connectivity index (χ0n) is 9.77. The summed E-state index contributed by atoms with van der Waals surface area (Å²) < 4.78 is 10.1. The van der Waals surface area contributed by atoms with Gasteiger partial charge in [0.05, 0.1) is 12.7 Å². The Hall–Kier alpha value is -1.30. The Morgan fingerprint density at radius 2 is 2.24 bits per heavy atom. The second kappa shape index (κ2) is 4.52. The molecule has 1 heterocycles. The van der Waals surface area contributed by atoms with E-state index in [0.29, 0.717) is 19.4 Å². The topological polar surface area (TPSA) is 84.9 Å². The fourth-order valence-corrected chi connectivity index (χ4v) is 2.41. The normalized spacial score (nSPS) is 27.2. The number of hydrogen-bond acceptors (Lipinski definition) is 4. The smallest absolute Gasteiger partial charge is 0.407 e. The Balaban J connectivity index is 1.99. The predicted octanol–water partition coefficient (Wildman–Crippen LogP) is 0.755. The van der Waals surface area contributed by atoms with E-state index in [2.05, 4.69) is 10.1 Å². The summed E-state index contributed by atoms with van der Waals surface area (Å²) in [4.78, 5) is 22.3. The van der Waals surface area contributed by atoms with E-state index in [1.54, 1.807) is 0 Å². The Morgan fingerprint density at radius 3 is 2.76 bits per heavy atom. The van der Waals surface area contributed by atoms with Crippen molar-refractivity contribution in [3.63, 3.8) is 0 Å². The van der Waals surface area contributed by atoms with Gasteiger partial charge in [0.1, 0.15) is 6.04 Å². The lowest BCUT2D eigenvalue weighted by Gasteiger charge is -2.33. The summed E-state index contributed by atoms with van der Waals surface area (Å²) in [7, 11) is 1.22. The quantitative estimate of drug-likeness (QED) is 0.764. The number of carboxylic acids is 1. The first-order valence-corrected chi connectivity index (χ1v) is 5.77. The van der Waals surface area contributed by atoms with Crippen LogP contribution in [0.4, 0.5) is 4.79 Å². The third-order valence-corrected chi connectivity index (χ3v) is 3.53. The van der Waals surface area contributed by atoms with Crippen LogP contribution in [0, 0.1) is 5.92 Å². The number of nitrogens with one attached hydrogen (secondary N) is 1. The van der Waals surface area contributed by atoms with E-state index in [1.807, 2.05) is 0 Å². The minimum Gasteiger partial charge on any atom is -0.480 e. The molecule has 2 atom stereocenters. The number of hydrogen-bond donors (Lipinski definition) is 2. The number of ether oxygens (including phenoxy) is 2. The second-order valence-electron chi connectivity index (χ2n) is 4.74. The summed E-state index contributed by atoms with van der Waals surface area (Å²) in [5.41, 5.74) is -0.103. The van der Waals surface area contributed by atoms with Gasteiger partial charge < -0.3 is 19.9 Å². The zero-order valence-corrected chi connectivity index (χ0v) is 9.77. The minimum absolute atomic E-state index is 0.0807. The van der Waals surface area contributed by atoms with E-state index in [4.69, 9.17) is 9.84 Å². The van der Waals surface area contributed by atoms with Crippen LogP contribution in [0.15, 0.2) is 0 Å². The van der Waals surface area contributed by atoms with Crippen molar-refractivity contribution in [2.24, 2.45) is 5.92 Å². The lowest BCUT2D eigenvalue weighted by atomic mass is 9.87. The Labute approximate surface area is 99.3 Å². The molecular formula is C11H17NO5. The summed E-state index contributed by atoms with van der Waals surface area (Å²) >= 11 is 0. The first-order chi connectivity index (χ1) is 8.06. The molecule has 0 aromatic heterocycles. The van der Waals surface area contributed by atoms with Gasteiger partial charge in [0.2, 0.25) is 0 Å². The highest BCUT2D eigenvalue weighted by atomic mass is 16.5. The van der Waals surface area contributed by atoms with Crippen molar-refractivity contribution in [2.75, 3.05) is 13.7 Å². The number of aliphatic carboxylic acids is 1. The summed E-state index contributed by atoms with van der Waals surface area (Å²) in [5, 5.41) is 11.5. The predicted molar refractivity (Wildman–Crippen MR) is 57.6 cm³/mol. The molecule has 6 nitrogen and oxygen atoms in total. The maximum Gasteiger partial charge on any atom is 0.407 e. The van der Waals surface area contributed by atoms with Crippen molar-refractivity contribution in [1.29, 1.82) is 0 Å². The van der Waals surface area contributed by atoms with E-state index >= 15 is 0 Å². The van der Waals surface area contributed by atoms with Gasteiger partial charge in [-0.1, -0.05) is 0 Å². The Kier molecular flexibility index (Phi) is 3.24. The van der Waals surface area contributed by atoms with E-state index < -0.39 is 18.1 Å². The molecule has 1 saturated heterocycles. The molecule has 6 heteroatoms. The Bertz CT molecular complexity index is 326. The number of carboxylic acid groups (broad SMARTS) is 1. The molecule has 0 aromatic rings. The molecule has 2 unspecified atom stereocenters. The van der Waals surface area contributed by atoms with Crippen LogP contribution in [0.5, 0.6) is 0 Å². The standard InChI is InChI=1S/C11H17NO5/c1-16-10(15)12-8(9(13)14)7-2-5-17-11(6-7)3-4-11/h7-8H,2-6H2,1H3,(H,12,15)(H,13,14). The molecule has 17 heavy (non-hydrogen) atoms. The van der Waals surface area contributed by atoms with Crippen LogP contribution in [-0.4, -0.2) is 42.5 Å². The average Bonchev–Trinajstić information content (AvgIpc) is 3.04. The monoisotopic (exact) mass is 243 g/mol. The van der Waals surface area contributed by atoms with E-state index in [-0.39, 0.29) is 11.5 Å². The van der Waals surface area contributed by atoms with Crippen molar-refractivity contribution in [3.05, 3.63) is 0 Å². The highest BCUT2D eigenvalue weighted by Gasteiger charge is 2.50. The van der Waals surface area contributed by atoms with Crippen LogP contribution in [0.25, 0.3) is 0 Å². The van der Waals surface area contributed by atoms with Gasteiger partial charge in [0.25, 0.3) is 0 Å². The summed E-state index contributed by atoms with van der Waals surface area (Å²) in [5.74, 6) is -1.10. The molecular weight excluding hydrogens is 226 g/mol. The molecule has 2 N–H and O–H groups in total. The van der Waals surface area contributed by atoms with Crippen LogP contribution >= 0.6 is 0 Å². The molecule has 0 radical (unpaired) electrons. The summed E-state index contributed by atoms with van der Waals surface area (Å²) in [6, 6.07) is -0.885. The summed E-state index contributed by atoms with van der Waals surface area (Å²) in [6.07, 6.45) is 2.65. The van der Waals surface area contributed by atoms with Crippen LogP contribution in [0.3, 0.4) is 0 Å². The number of carbonyl (C=O) groups is 2. The highest BCUT2D eigenvalue weighted by Crippen LogP contribution is 2.48. The lowest BCUT2D eigenvalue weighted by molar-refractivity contribution is -0.142. The minimum atomic E-state index is -1.02. The fourth-order valence-electron chi connectivity index (χ4n) is 2.41. The van der Waals surface area contributed by atoms with Crippen LogP contribution in [0.1, 0.15) is 25.7 Å². The third-order valence-electron chi connectivity index (χ3n) is 3.53. The van der Waals surface area contributed by atoms with Crippen molar-refractivity contribution in [3.8, 4) is 0 Å². The van der Waals surface area contributed by atoms with Gasteiger partial charge in [-0.2, -0.15) is 0 Å². The molecule has 1 saturated carbocycles. The zero-order chi connectivity index (χ0) is 12.5. The van der Waals surface area contributed by atoms with Crippen LogP contribution in [0.2, 0.25) is 0 Å². The Morgan fingerprint density at radius 1 is 1.53 bits per heavy atom. The number of rotatable bonds is 3. The maximum atomic E-state index is 11.2. The lowest BCUT2D eigenvalue weighted by Crippen LogP contribution is -2.49. The second-order valence-corrected chi connectivity index (χ2v) is 4.74. The molecule has 0 bridgehead atoms. The highest BCUT2D eigenvalue weighted by molar-refractivity contribution is 5.80. The van der Waals surface area contributed by atoms with Gasteiger partial charge in [0, 0.05) is 6.61 Å². The van der Waals surface area contributed by atoms with Crippen LogP contribution < -0.4 is 5.32 Å². The fraction of sp³-hybridized carbons (Fsp3) is 0.818. The van der Waals surface area contributed by atoms with Crippen molar-refractivity contribution in [1.82, 2.24) is 5.32 Å². The maximum absolute atomic E-state index is 11.2. The molecule has 0 aromatic carbocycles. The van der Waals surface area contributed by atoms with Crippen molar-refractivity contribution < 1.29 is 24.2 Å². The van der Waals surface area contributed by atoms with E-state index in [1.165, 1.54) is 7.11 Å². The number of methoxy groups -OCH3 is 1. The van der Waals surface area contributed by atoms with E-state index in [9.17, 15) is 9.59 Å². The third kappa shape index (κ3) is 2.69. The average molecular weight is 243 g/mol. The molecule has 2 aliphatic rings. The largest absolute Gasteiger partial charge is 0.480 e. The van der Waals surface area contributed by atoms with Crippen molar-refractivity contribution >= 4 is 12.1 Å². The molecule has 1 aliphatic carbocycles. The molecule has 2 rings (SSSR count). The van der Waals surface area contributed by atoms with Gasteiger partial charge in [0.15, 0.2) is 0 Å². The van der Waals surface area contributed by atoms with Gasteiger partial charge >= 0.3 is 12.1 Å². The molecule has 2 fully saturated rings. The summed E-state index contributed by atoms with van der Waals surface area (Å²) in [6.45, 7) is 0.567. The van der Waals surface area contributed by atoms with Gasteiger partial charge in [-0.15, -0.1) is 0 Å². The number of carbonyl (C=O) groups excluding carboxylic acids is 1. The van der Waals surface area contributed by atoms with Gasteiger partial charge in [-0.25, -0.2) is 9.59 Å². The number of amides is 1. The molecule has 1 amide bonds. The van der Waals surface area contributed by atoms with Gasteiger partial charge in [-0.05, 0) is 31.6 Å². The molecule has 96 valence electrons. The first-order valence-electron chi connectivity index (χ1n) is 5.77. The van der Waals surface area contributed by atoms with Gasteiger partial charge in [-0.3, -0.25) is 0 Å². The molecule has 1 spiro atoms. The van der Waals surface area contributed by atoms with Crippen molar-refractivity contribution in [2.45, 2.75) is 37.3 Å². The molecule has 1 aliphatic heterocycles. The SMILES string of the molecule is COC(=O)NC(C(=O)O)C1CCOC2(CC2)C1. The first kappa shape index (κ1) is 12.2.